The number of hydrogen-bond donors (Lipinski definition) is 2. The second kappa shape index (κ2) is 7.73. The van der Waals surface area contributed by atoms with Crippen LogP contribution in [0.5, 0.6) is 0 Å². The molecule has 116 valence electrons. The molecule has 6 nitrogen and oxygen atoms in total. The van der Waals surface area contributed by atoms with Gasteiger partial charge in [0.1, 0.15) is 0 Å². The molecule has 0 aliphatic heterocycles. The summed E-state index contributed by atoms with van der Waals surface area (Å²) < 4.78 is 0. The molecular formula is C15H22N2O4. The normalized spacial score (nSPS) is 13.5. The Morgan fingerprint density at radius 3 is 2.76 bits per heavy atom. The fourth-order valence-electron chi connectivity index (χ4n) is 2.06. The summed E-state index contributed by atoms with van der Waals surface area (Å²) in [5.74, 6) is -0.112. The molecule has 0 heterocycles. The molecule has 0 bridgehead atoms. The van der Waals surface area contributed by atoms with Crippen molar-refractivity contribution in [3.8, 4) is 0 Å². The molecule has 0 saturated heterocycles. The molecule has 1 aromatic carbocycles. The molecule has 6 heteroatoms. The van der Waals surface area contributed by atoms with Crippen LogP contribution in [0.25, 0.3) is 0 Å². The summed E-state index contributed by atoms with van der Waals surface area (Å²) in [6.07, 6.45) is 1.96. The number of aliphatic hydroxyl groups excluding tert-OH is 1. The van der Waals surface area contributed by atoms with Gasteiger partial charge in [-0.1, -0.05) is 19.1 Å². The van der Waals surface area contributed by atoms with Crippen molar-refractivity contribution in [2.45, 2.75) is 45.1 Å². The predicted molar refractivity (Wildman–Crippen MR) is 80.0 cm³/mol. The van der Waals surface area contributed by atoms with Crippen LogP contribution in [-0.4, -0.2) is 28.1 Å². The summed E-state index contributed by atoms with van der Waals surface area (Å²) in [5.41, 5.74) is 0.389. The molecule has 1 atom stereocenters. The number of aliphatic hydroxyl groups is 1. The van der Waals surface area contributed by atoms with E-state index in [9.17, 15) is 14.9 Å². The summed E-state index contributed by atoms with van der Waals surface area (Å²) in [5, 5.41) is 22.6. The first-order valence-electron chi connectivity index (χ1n) is 7.05. The Kier molecular flexibility index (Phi) is 6.30. The summed E-state index contributed by atoms with van der Waals surface area (Å²) in [6, 6.07) is 6.30. The first kappa shape index (κ1) is 17.1. The monoisotopic (exact) mass is 294 g/mol. The molecule has 1 aromatic rings. The van der Waals surface area contributed by atoms with Gasteiger partial charge in [-0.15, -0.1) is 0 Å². The summed E-state index contributed by atoms with van der Waals surface area (Å²) in [7, 11) is 0. The van der Waals surface area contributed by atoms with Gasteiger partial charge in [0, 0.05) is 30.7 Å². The van der Waals surface area contributed by atoms with Gasteiger partial charge in [0.05, 0.1) is 4.92 Å². The van der Waals surface area contributed by atoms with E-state index < -0.39 is 10.5 Å². The van der Waals surface area contributed by atoms with Gasteiger partial charge in [0.15, 0.2) is 0 Å². The van der Waals surface area contributed by atoms with Gasteiger partial charge in [-0.3, -0.25) is 14.9 Å². The second-order valence-corrected chi connectivity index (χ2v) is 5.36. The number of hydrogen-bond acceptors (Lipinski definition) is 4. The molecule has 0 aliphatic rings. The Bertz CT molecular complexity index is 504. The highest BCUT2D eigenvalue weighted by Crippen LogP contribution is 2.16. The zero-order valence-corrected chi connectivity index (χ0v) is 12.5. The van der Waals surface area contributed by atoms with Gasteiger partial charge in [-0.2, -0.15) is 0 Å². The first-order chi connectivity index (χ1) is 9.90. The average Bonchev–Trinajstić information content (AvgIpc) is 2.45. The number of nitro benzene ring substituents is 1. The van der Waals surface area contributed by atoms with Crippen molar-refractivity contribution < 1.29 is 14.8 Å². The van der Waals surface area contributed by atoms with Crippen molar-refractivity contribution in [1.82, 2.24) is 5.32 Å². The smallest absolute Gasteiger partial charge is 0.269 e. The maximum absolute atomic E-state index is 12.0. The standard InChI is InChI=1S/C15H22N2O4/c1-3-15(2,9-10-18)16-14(19)8-7-12-5-4-6-13(11-12)17(20)21/h4-6,11,18H,3,7-10H2,1-2H3,(H,16,19). The van der Waals surface area contributed by atoms with Gasteiger partial charge in [-0.05, 0) is 31.7 Å². The number of non-ortho nitro benzene ring substituents is 1. The topological polar surface area (TPSA) is 92.5 Å². The fourth-order valence-corrected chi connectivity index (χ4v) is 2.06. The second-order valence-electron chi connectivity index (χ2n) is 5.36. The van der Waals surface area contributed by atoms with E-state index in [1.54, 1.807) is 12.1 Å². The van der Waals surface area contributed by atoms with Crippen LogP contribution in [-0.2, 0) is 11.2 Å². The Hall–Kier alpha value is -1.95. The van der Waals surface area contributed by atoms with Crippen LogP contribution >= 0.6 is 0 Å². The predicted octanol–water partition coefficient (Wildman–Crippen LogP) is 2.19. The Balaban J connectivity index is 2.57. The van der Waals surface area contributed by atoms with Crippen LogP contribution in [0.1, 0.15) is 38.7 Å². The number of rotatable bonds is 8. The van der Waals surface area contributed by atoms with Crippen molar-refractivity contribution in [3.63, 3.8) is 0 Å². The number of carbonyl (C=O) groups excluding carboxylic acids is 1. The molecule has 1 amide bonds. The zero-order chi connectivity index (χ0) is 15.9. The number of amides is 1. The number of aryl methyl sites for hydroxylation is 1. The molecule has 2 N–H and O–H groups in total. The molecule has 0 aromatic heterocycles. The molecule has 0 fully saturated rings. The lowest BCUT2D eigenvalue weighted by Crippen LogP contribution is -2.46. The maximum Gasteiger partial charge on any atom is 0.269 e. The fraction of sp³-hybridized carbons (Fsp3) is 0.533. The molecule has 0 spiro atoms. The van der Waals surface area contributed by atoms with Crippen LogP contribution in [0.2, 0.25) is 0 Å². The lowest BCUT2D eigenvalue weighted by molar-refractivity contribution is -0.384. The van der Waals surface area contributed by atoms with E-state index in [2.05, 4.69) is 5.32 Å². The minimum absolute atomic E-state index is 0.0233. The van der Waals surface area contributed by atoms with Crippen LogP contribution < -0.4 is 5.32 Å². The molecule has 1 unspecified atom stereocenters. The summed E-state index contributed by atoms with van der Waals surface area (Å²) >= 11 is 0. The molecule has 0 aliphatic carbocycles. The summed E-state index contributed by atoms with van der Waals surface area (Å²) in [4.78, 5) is 22.2. The third-order valence-electron chi connectivity index (χ3n) is 3.65. The van der Waals surface area contributed by atoms with Crippen LogP contribution in [0.15, 0.2) is 24.3 Å². The van der Waals surface area contributed by atoms with Gasteiger partial charge in [-0.25, -0.2) is 0 Å². The molecular weight excluding hydrogens is 272 g/mol. The van der Waals surface area contributed by atoms with E-state index in [-0.39, 0.29) is 24.6 Å². The Morgan fingerprint density at radius 1 is 1.48 bits per heavy atom. The van der Waals surface area contributed by atoms with Gasteiger partial charge >= 0.3 is 0 Å². The Morgan fingerprint density at radius 2 is 2.19 bits per heavy atom. The third kappa shape index (κ3) is 5.51. The molecule has 21 heavy (non-hydrogen) atoms. The Labute approximate surface area is 124 Å². The molecule has 0 radical (unpaired) electrons. The lowest BCUT2D eigenvalue weighted by atomic mass is 9.94. The largest absolute Gasteiger partial charge is 0.396 e. The maximum atomic E-state index is 12.0. The van der Waals surface area contributed by atoms with E-state index in [1.807, 2.05) is 13.8 Å². The highest BCUT2D eigenvalue weighted by molar-refractivity contribution is 5.77. The van der Waals surface area contributed by atoms with E-state index >= 15 is 0 Å². The first-order valence-corrected chi connectivity index (χ1v) is 7.05. The highest BCUT2D eigenvalue weighted by atomic mass is 16.6. The number of nitrogens with one attached hydrogen (secondary N) is 1. The van der Waals surface area contributed by atoms with E-state index in [4.69, 9.17) is 5.11 Å². The number of nitro groups is 1. The quantitative estimate of drug-likeness (QED) is 0.568. The van der Waals surface area contributed by atoms with Crippen molar-refractivity contribution >= 4 is 11.6 Å². The van der Waals surface area contributed by atoms with Gasteiger partial charge < -0.3 is 10.4 Å². The zero-order valence-electron chi connectivity index (χ0n) is 12.5. The molecule has 1 rings (SSSR count). The lowest BCUT2D eigenvalue weighted by Gasteiger charge is -2.29. The van der Waals surface area contributed by atoms with E-state index in [1.165, 1.54) is 12.1 Å². The van der Waals surface area contributed by atoms with E-state index in [0.29, 0.717) is 12.8 Å². The van der Waals surface area contributed by atoms with Crippen LogP contribution in [0, 0.1) is 10.1 Å². The number of benzene rings is 1. The van der Waals surface area contributed by atoms with Crippen molar-refractivity contribution in [2.75, 3.05) is 6.61 Å². The minimum atomic E-state index is -0.445. The highest BCUT2D eigenvalue weighted by Gasteiger charge is 2.23. The van der Waals surface area contributed by atoms with Crippen LogP contribution in [0.3, 0.4) is 0 Å². The van der Waals surface area contributed by atoms with Crippen molar-refractivity contribution in [2.24, 2.45) is 0 Å². The molecule has 0 saturated carbocycles. The van der Waals surface area contributed by atoms with Crippen molar-refractivity contribution in [1.29, 1.82) is 0 Å². The van der Waals surface area contributed by atoms with Gasteiger partial charge in [0.2, 0.25) is 5.91 Å². The van der Waals surface area contributed by atoms with Crippen molar-refractivity contribution in [3.05, 3.63) is 39.9 Å². The van der Waals surface area contributed by atoms with E-state index in [0.717, 1.165) is 12.0 Å². The number of carbonyl (C=O) groups is 1. The van der Waals surface area contributed by atoms with Gasteiger partial charge in [0.25, 0.3) is 5.69 Å². The summed E-state index contributed by atoms with van der Waals surface area (Å²) in [6.45, 7) is 3.88. The SMILES string of the molecule is CCC(C)(CCO)NC(=O)CCc1cccc([N+](=O)[O-])c1. The van der Waals surface area contributed by atoms with Crippen LogP contribution in [0.4, 0.5) is 5.69 Å². The minimum Gasteiger partial charge on any atom is -0.396 e. The third-order valence-corrected chi connectivity index (χ3v) is 3.65. The number of nitrogens with zero attached hydrogens (tertiary/aromatic N) is 1. The average molecular weight is 294 g/mol.